The molecule has 0 unspecified atom stereocenters. The number of nitrogens with one attached hydrogen (secondary N) is 2. The Labute approximate surface area is 166 Å². The Morgan fingerprint density at radius 2 is 1.85 bits per heavy atom. The summed E-state index contributed by atoms with van der Waals surface area (Å²) in [4.78, 5) is 12.5. The van der Waals surface area contributed by atoms with Gasteiger partial charge in [0.25, 0.3) is 0 Å². The first-order chi connectivity index (χ1) is 12.6. The molecule has 1 aliphatic heterocycles. The molecule has 2 N–H and O–H groups in total. The van der Waals surface area contributed by atoms with Crippen LogP contribution in [0.15, 0.2) is 48.5 Å². The van der Waals surface area contributed by atoms with Crippen LogP contribution in [0.2, 0.25) is 5.02 Å². The molecule has 2 aromatic carbocycles. The monoisotopic (exact) mass is 406 g/mol. The molecule has 5 nitrogen and oxygen atoms in total. The van der Waals surface area contributed by atoms with Crippen molar-refractivity contribution in [3.63, 3.8) is 0 Å². The summed E-state index contributed by atoms with van der Waals surface area (Å²) in [5.41, 5.74) is 3.46. The van der Waals surface area contributed by atoms with Crippen molar-refractivity contribution < 1.29 is 9.18 Å². The van der Waals surface area contributed by atoms with Crippen LogP contribution in [0, 0.1) is 5.82 Å². The summed E-state index contributed by atoms with van der Waals surface area (Å²) < 4.78 is 14.7. The van der Waals surface area contributed by atoms with Gasteiger partial charge in [0.15, 0.2) is 0 Å². The molecule has 0 bridgehead atoms. The van der Waals surface area contributed by atoms with E-state index < -0.39 is 0 Å². The summed E-state index contributed by atoms with van der Waals surface area (Å²) in [6.07, 6.45) is 0.161. The third-order valence-corrected chi connectivity index (χ3v) is 4.52. The quantitative estimate of drug-likeness (QED) is 0.691. The molecular formula is C19H17Cl2FN4O. The number of nitrogens with zero attached hydrogens (tertiary/aromatic N) is 2. The van der Waals surface area contributed by atoms with Crippen LogP contribution in [0.5, 0.6) is 0 Å². The molecule has 0 saturated heterocycles. The first kappa shape index (κ1) is 19.4. The number of hydrogen-bond acceptors (Lipinski definition) is 3. The van der Waals surface area contributed by atoms with Gasteiger partial charge in [-0.3, -0.25) is 4.79 Å². The minimum absolute atomic E-state index is 0. The number of fused-ring (bicyclic) bond motifs is 1. The lowest BCUT2D eigenvalue weighted by Gasteiger charge is -2.11. The maximum absolute atomic E-state index is 13.0. The second-order valence-corrected chi connectivity index (χ2v) is 6.55. The second-order valence-electron chi connectivity index (χ2n) is 6.12. The van der Waals surface area contributed by atoms with E-state index in [0.717, 1.165) is 22.5 Å². The summed E-state index contributed by atoms with van der Waals surface area (Å²) in [5, 5.41) is 11.4. The molecule has 3 aromatic rings. The van der Waals surface area contributed by atoms with E-state index in [2.05, 4.69) is 15.7 Å². The van der Waals surface area contributed by atoms with Crippen molar-refractivity contribution in [3.8, 4) is 5.69 Å². The number of aromatic nitrogens is 2. The van der Waals surface area contributed by atoms with Crippen molar-refractivity contribution in [2.75, 3.05) is 5.32 Å². The predicted molar refractivity (Wildman–Crippen MR) is 105 cm³/mol. The van der Waals surface area contributed by atoms with Gasteiger partial charge >= 0.3 is 0 Å². The molecule has 140 valence electrons. The van der Waals surface area contributed by atoms with Gasteiger partial charge in [-0.15, -0.1) is 12.4 Å². The average Bonchev–Trinajstić information content (AvgIpc) is 3.21. The van der Waals surface area contributed by atoms with Gasteiger partial charge in [-0.2, -0.15) is 5.10 Å². The van der Waals surface area contributed by atoms with Crippen molar-refractivity contribution in [1.29, 1.82) is 0 Å². The van der Waals surface area contributed by atoms with Crippen LogP contribution in [0.4, 0.5) is 10.2 Å². The van der Waals surface area contributed by atoms with E-state index in [4.69, 9.17) is 11.6 Å². The summed E-state index contributed by atoms with van der Waals surface area (Å²) in [6.45, 7) is 1.31. The number of hydrogen-bond donors (Lipinski definition) is 2. The molecule has 8 heteroatoms. The van der Waals surface area contributed by atoms with E-state index in [-0.39, 0.29) is 30.6 Å². The number of amides is 1. The minimum atomic E-state index is -0.320. The fraction of sp³-hybridized carbons (Fsp3) is 0.158. The Balaban J connectivity index is 0.00000210. The van der Waals surface area contributed by atoms with Crippen molar-refractivity contribution in [3.05, 3.63) is 76.2 Å². The largest absolute Gasteiger partial charge is 0.310 e. The number of carbonyl (C=O) groups excluding carboxylic acids is 1. The summed E-state index contributed by atoms with van der Waals surface area (Å²) >= 11 is 5.96. The zero-order valence-electron chi connectivity index (χ0n) is 14.2. The van der Waals surface area contributed by atoms with E-state index in [1.807, 2.05) is 12.1 Å². The van der Waals surface area contributed by atoms with Crippen molar-refractivity contribution in [1.82, 2.24) is 15.1 Å². The highest BCUT2D eigenvalue weighted by Gasteiger charge is 2.24. The third kappa shape index (κ3) is 4.13. The molecular weight excluding hydrogens is 390 g/mol. The molecule has 0 radical (unpaired) electrons. The average molecular weight is 407 g/mol. The highest BCUT2D eigenvalue weighted by atomic mass is 35.5. The molecule has 1 aliphatic rings. The fourth-order valence-corrected chi connectivity index (χ4v) is 3.12. The Kier molecular flexibility index (Phi) is 5.79. The molecule has 0 saturated carbocycles. The lowest BCUT2D eigenvalue weighted by atomic mass is 10.1. The number of anilines is 1. The molecule has 1 aromatic heterocycles. The van der Waals surface area contributed by atoms with Gasteiger partial charge in [-0.1, -0.05) is 23.7 Å². The Bertz CT molecular complexity index is 955. The molecule has 0 spiro atoms. The fourth-order valence-electron chi connectivity index (χ4n) is 2.99. The second kappa shape index (κ2) is 8.08. The van der Waals surface area contributed by atoms with Gasteiger partial charge in [0, 0.05) is 23.7 Å². The number of benzene rings is 2. The first-order valence-corrected chi connectivity index (χ1v) is 8.59. The van der Waals surface area contributed by atoms with Gasteiger partial charge in [-0.05, 0) is 42.0 Å². The smallest absolute Gasteiger partial charge is 0.229 e. The van der Waals surface area contributed by atoms with Crippen molar-refractivity contribution >= 4 is 35.7 Å². The van der Waals surface area contributed by atoms with Crippen molar-refractivity contribution in [2.24, 2.45) is 0 Å². The third-order valence-electron chi connectivity index (χ3n) is 4.27. The maximum atomic E-state index is 13.0. The molecule has 27 heavy (non-hydrogen) atoms. The summed E-state index contributed by atoms with van der Waals surface area (Å²) in [6, 6.07) is 13.2. The van der Waals surface area contributed by atoms with E-state index in [0.29, 0.717) is 23.9 Å². The van der Waals surface area contributed by atoms with Crippen LogP contribution in [-0.4, -0.2) is 15.7 Å². The highest BCUT2D eigenvalue weighted by molar-refractivity contribution is 6.30. The minimum Gasteiger partial charge on any atom is -0.310 e. The Hall–Kier alpha value is -2.41. The van der Waals surface area contributed by atoms with E-state index in [9.17, 15) is 9.18 Å². The Morgan fingerprint density at radius 1 is 1.15 bits per heavy atom. The molecule has 0 atom stereocenters. The number of rotatable bonds is 4. The normalized spacial score (nSPS) is 12.4. The summed E-state index contributed by atoms with van der Waals surface area (Å²) in [5.74, 6) is 0.153. The van der Waals surface area contributed by atoms with Crippen LogP contribution in [0.3, 0.4) is 0 Å². The van der Waals surface area contributed by atoms with Gasteiger partial charge < -0.3 is 10.6 Å². The van der Waals surface area contributed by atoms with E-state index >= 15 is 0 Å². The van der Waals surface area contributed by atoms with Crippen molar-refractivity contribution in [2.45, 2.75) is 19.5 Å². The standard InChI is InChI=1S/C19H16ClFN4O.ClH/c20-13-3-7-15(8-4-13)25-19(16-10-22-11-17(16)24-25)23-18(26)9-12-1-5-14(21)6-2-12;/h1-8,22H,9-11H2,(H,23,26);1H. The molecule has 0 aliphatic carbocycles. The van der Waals surface area contributed by atoms with Crippen LogP contribution in [0.25, 0.3) is 5.69 Å². The number of halogens is 3. The van der Waals surface area contributed by atoms with Crippen LogP contribution in [0.1, 0.15) is 16.8 Å². The topological polar surface area (TPSA) is 59.0 Å². The molecule has 0 fully saturated rings. The molecule has 1 amide bonds. The van der Waals surface area contributed by atoms with Gasteiger partial charge in [0.1, 0.15) is 11.6 Å². The molecule has 2 heterocycles. The maximum Gasteiger partial charge on any atom is 0.229 e. The van der Waals surface area contributed by atoms with Gasteiger partial charge in [0.05, 0.1) is 17.8 Å². The lowest BCUT2D eigenvalue weighted by Crippen LogP contribution is -2.19. The molecule has 4 rings (SSSR count). The van der Waals surface area contributed by atoms with Crippen LogP contribution >= 0.6 is 24.0 Å². The first-order valence-electron chi connectivity index (χ1n) is 8.22. The zero-order valence-corrected chi connectivity index (χ0v) is 15.8. The number of carbonyl (C=O) groups is 1. The SMILES string of the molecule is Cl.O=C(Cc1ccc(F)cc1)Nc1c2c(nn1-c1ccc(Cl)cc1)CNC2. The summed E-state index contributed by atoms with van der Waals surface area (Å²) in [7, 11) is 0. The zero-order chi connectivity index (χ0) is 18.1. The lowest BCUT2D eigenvalue weighted by molar-refractivity contribution is -0.115. The van der Waals surface area contributed by atoms with Gasteiger partial charge in [0.2, 0.25) is 5.91 Å². The van der Waals surface area contributed by atoms with Gasteiger partial charge in [-0.25, -0.2) is 9.07 Å². The van der Waals surface area contributed by atoms with E-state index in [1.54, 1.807) is 28.9 Å². The van der Waals surface area contributed by atoms with Crippen LogP contribution in [-0.2, 0) is 24.3 Å². The predicted octanol–water partition coefficient (Wildman–Crippen LogP) is 3.87. The Morgan fingerprint density at radius 3 is 2.56 bits per heavy atom. The highest BCUT2D eigenvalue weighted by Crippen LogP contribution is 2.28. The van der Waals surface area contributed by atoms with E-state index in [1.165, 1.54) is 12.1 Å². The van der Waals surface area contributed by atoms with Crippen LogP contribution < -0.4 is 10.6 Å².